The molecule has 0 spiro atoms. The molecule has 102 valence electrons. The fourth-order valence-electron chi connectivity index (χ4n) is 2.24. The van der Waals surface area contributed by atoms with Gasteiger partial charge in [-0.3, -0.25) is 0 Å². The summed E-state index contributed by atoms with van der Waals surface area (Å²) in [7, 11) is 0. The third-order valence-electron chi connectivity index (χ3n) is 3.44. The highest BCUT2D eigenvalue weighted by molar-refractivity contribution is 6.20. The summed E-state index contributed by atoms with van der Waals surface area (Å²) in [6.07, 6.45) is 1.64. The van der Waals surface area contributed by atoms with E-state index in [1.807, 2.05) is 24.3 Å². The van der Waals surface area contributed by atoms with Crippen molar-refractivity contribution in [1.82, 2.24) is 4.98 Å². The van der Waals surface area contributed by atoms with Gasteiger partial charge in [-0.25, -0.2) is 4.98 Å². The van der Waals surface area contributed by atoms with Crippen LogP contribution in [0.2, 0.25) is 0 Å². The van der Waals surface area contributed by atoms with E-state index < -0.39 is 0 Å². The lowest BCUT2D eigenvalue weighted by atomic mass is 10.1. The number of halogens is 1. The van der Waals surface area contributed by atoms with Crippen molar-refractivity contribution < 1.29 is 4.42 Å². The molecule has 2 aromatic carbocycles. The summed E-state index contributed by atoms with van der Waals surface area (Å²) in [4.78, 5) is 4.46. The molecule has 1 atom stereocenters. The van der Waals surface area contributed by atoms with Crippen LogP contribution in [0.15, 0.2) is 52.9 Å². The van der Waals surface area contributed by atoms with Gasteiger partial charge in [-0.15, -0.1) is 11.6 Å². The molecule has 1 unspecified atom stereocenters. The van der Waals surface area contributed by atoms with Crippen LogP contribution >= 0.6 is 11.6 Å². The van der Waals surface area contributed by atoms with Crippen molar-refractivity contribution in [2.75, 3.05) is 0 Å². The van der Waals surface area contributed by atoms with Crippen LogP contribution in [0.3, 0.4) is 0 Å². The maximum absolute atomic E-state index is 6.46. The van der Waals surface area contributed by atoms with Crippen LogP contribution < -0.4 is 0 Å². The third kappa shape index (κ3) is 2.70. The van der Waals surface area contributed by atoms with Gasteiger partial charge in [-0.2, -0.15) is 0 Å². The average molecular weight is 286 g/mol. The highest BCUT2D eigenvalue weighted by Crippen LogP contribution is 2.26. The molecule has 0 aliphatic heterocycles. The second-order valence-electron chi connectivity index (χ2n) is 4.84. The number of aromatic nitrogens is 1. The molecule has 1 aromatic heterocycles. The predicted molar refractivity (Wildman–Crippen MR) is 82.1 cm³/mol. The summed E-state index contributed by atoms with van der Waals surface area (Å²) < 4.78 is 5.71. The van der Waals surface area contributed by atoms with E-state index in [0.717, 1.165) is 23.1 Å². The highest BCUT2D eigenvalue weighted by Gasteiger charge is 2.13. The van der Waals surface area contributed by atoms with E-state index in [2.05, 4.69) is 36.2 Å². The maximum Gasteiger partial charge on any atom is 0.197 e. The zero-order valence-electron chi connectivity index (χ0n) is 11.3. The molecule has 0 amide bonds. The quantitative estimate of drug-likeness (QED) is 0.636. The molecule has 2 nitrogen and oxygen atoms in total. The number of alkyl halides is 1. The monoisotopic (exact) mass is 285 g/mol. The summed E-state index contributed by atoms with van der Waals surface area (Å²) in [6.45, 7) is 2.14. The molecule has 0 saturated heterocycles. The molecule has 0 N–H and O–H groups in total. The minimum absolute atomic E-state index is 0.117. The first-order valence-electron chi connectivity index (χ1n) is 6.83. The first-order valence-corrected chi connectivity index (χ1v) is 7.27. The number of benzene rings is 2. The zero-order chi connectivity index (χ0) is 13.9. The maximum atomic E-state index is 6.46. The van der Waals surface area contributed by atoms with Gasteiger partial charge in [0.2, 0.25) is 0 Å². The van der Waals surface area contributed by atoms with E-state index in [1.54, 1.807) is 0 Å². The Bertz CT molecular complexity index is 669. The molecule has 3 heteroatoms. The lowest BCUT2D eigenvalue weighted by Crippen LogP contribution is -1.96. The molecule has 3 aromatic rings. The van der Waals surface area contributed by atoms with E-state index in [-0.39, 0.29) is 5.38 Å². The van der Waals surface area contributed by atoms with E-state index in [4.69, 9.17) is 16.0 Å². The highest BCUT2D eigenvalue weighted by atomic mass is 35.5. The topological polar surface area (TPSA) is 26.0 Å². The molecule has 0 saturated carbocycles. The first kappa shape index (κ1) is 13.2. The number of hydrogen-bond donors (Lipinski definition) is 0. The van der Waals surface area contributed by atoms with E-state index in [0.29, 0.717) is 12.3 Å². The zero-order valence-corrected chi connectivity index (χ0v) is 12.1. The summed E-state index contributed by atoms with van der Waals surface area (Å²) in [5.74, 6) is 0.686. The van der Waals surface area contributed by atoms with Crippen molar-refractivity contribution in [1.29, 1.82) is 0 Å². The normalized spacial score (nSPS) is 12.7. The van der Waals surface area contributed by atoms with Gasteiger partial charge >= 0.3 is 0 Å². The van der Waals surface area contributed by atoms with Crippen LogP contribution in [0, 0.1) is 0 Å². The lowest BCUT2D eigenvalue weighted by Gasteiger charge is -2.08. The van der Waals surface area contributed by atoms with Crippen LogP contribution in [0.1, 0.15) is 29.3 Å². The van der Waals surface area contributed by atoms with Crippen molar-refractivity contribution in [2.24, 2.45) is 0 Å². The molecule has 0 aliphatic rings. The van der Waals surface area contributed by atoms with Crippen LogP contribution in [0.4, 0.5) is 0 Å². The van der Waals surface area contributed by atoms with Crippen molar-refractivity contribution in [2.45, 2.75) is 25.1 Å². The minimum atomic E-state index is -0.117. The molecular weight excluding hydrogens is 270 g/mol. The molecular formula is C17H16ClNO. The van der Waals surface area contributed by atoms with Gasteiger partial charge in [0, 0.05) is 6.42 Å². The summed E-state index contributed by atoms with van der Waals surface area (Å²) in [6, 6.07) is 16.2. The number of rotatable bonds is 4. The number of oxazole rings is 1. The fraction of sp³-hybridized carbons (Fsp3) is 0.235. The van der Waals surface area contributed by atoms with Gasteiger partial charge in [0.1, 0.15) is 5.52 Å². The summed E-state index contributed by atoms with van der Waals surface area (Å²) in [5.41, 5.74) is 4.12. The van der Waals surface area contributed by atoms with Crippen molar-refractivity contribution in [3.05, 3.63) is 65.5 Å². The lowest BCUT2D eigenvalue weighted by molar-refractivity contribution is 0.525. The van der Waals surface area contributed by atoms with Gasteiger partial charge in [0.15, 0.2) is 11.5 Å². The van der Waals surface area contributed by atoms with Crippen LogP contribution in [0.5, 0.6) is 0 Å². The van der Waals surface area contributed by atoms with Gasteiger partial charge < -0.3 is 4.42 Å². The van der Waals surface area contributed by atoms with Gasteiger partial charge in [-0.1, -0.05) is 43.3 Å². The predicted octanol–water partition coefficient (Wildman–Crippen LogP) is 4.91. The Kier molecular flexibility index (Phi) is 3.75. The molecule has 3 rings (SSSR count). The Morgan fingerprint density at radius 2 is 1.85 bits per heavy atom. The van der Waals surface area contributed by atoms with Crippen LogP contribution in [-0.2, 0) is 12.8 Å². The molecule has 0 radical (unpaired) electrons. The Morgan fingerprint density at radius 3 is 2.55 bits per heavy atom. The minimum Gasteiger partial charge on any atom is -0.441 e. The second-order valence-corrected chi connectivity index (χ2v) is 5.37. The average Bonchev–Trinajstić information content (AvgIpc) is 2.89. The van der Waals surface area contributed by atoms with E-state index in [9.17, 15) is 0 Å². The summed E-state index contributed by atoms with van der Waals surface area (Å²) >= 11 is 6.46. The SMILES string of the molecule is CCc1ccc(C(Cl)Cc2nc3ccccc3o2)cc1. The summed E-state index contributed by atoms with van der Waals surface area (Å²) in [5, 5.41) is -0.117. The number of hydrogen-bond acceptors (Lipinski definition) is 2. The fourth-order valence-corrected chi connectivity index (χ4v) is 2.52. The number of para-hydroxylation sites is 2. The van der Waals surface area contributed by atoms with E-state index >= 15 is 0 Å². The standard InChI is InChI=1S/C17H16ClNO/c1-2-12-7-9-13(10-8-12)14(18)11-17-19-15-5-3-4-6-16(15)20-17/h3-10,14H,2,11H2,1H3. The molecule has 0 aliphatic carbocycles. The molecule has 20 heavy (non-hydrogen) atoms. The smallest absolute Gasteiger partial charge is 0.197 e. The Labute approximate surface area is 123 Å². The number of aryl methyl sites for hydroxylation is 1. The van der Waals surface area contributed by atoms with Crippen LogP contribution in [0.25, 0.3) is 11.1 Å². The molecule has 0 fully saturated rings. The molecule has 1 heterocycles. The van der Waals surface area contributed by atoms with Gasteiger partial charge in [0.25, 0.3) is 0 Å². The van der Waals surface area contributed by atoms with Gasteiger partial charge in [0.05, 0.1) is 5.38 Å². The first-order chi connectivity index (χ1) is 9.76. The van der Waals surface area contributed by atoms with Crippen molar-refractivity contribution in [3.63, 3.8) is 0 Å². The largest absolute Gasteiger partial charge is 0.441 e. The number of nitrogens with zero attached hydrogens (tertiary/aromatic N) is 1. The van der Waals surface area contributed by atoms with Crippen molar-refractivity contribution >= 4 is 22.7 Å². The Morgan fingerprint density at radius 1 is 1.10 bits per heavy atom. The van der Waals surface area contributed by atoms with Crippen molar-refractivity contribution in [3.8, 4) is 0 Å². The third-order valence-corrected chi connectivity index (χ3v) is 3.85. The number of fused-ring (bicyclic) bond motifs is 1. The van der Waals surface area contributed by atoms with E-state index in [1.165, 1.54) is 5.56 Å². The van der Waals surface area contributed by atoms with Gasteiger partial charge in [-0.05, 0) is 29.7 Å². The molecule has 0 bridgehead atoms. The Balaban J connectivity index is 1.78. The second kappa shape index (κ2) is 5.68. The Hall–Kier alpha value is -1.80. The van der Waals surface area contributed by atoms with Crippen LogP contribution in [-0.4, -0.2) is 4.98 Å².